The average Bonchev–Trinajstić information content (AvgIpc) is 3.18. The van der Waals surface area contributed by atoms with Gasteiger partial charge in [-0.3, -0.25) is 19.8 Å². The fourth-order valence-corrected chi connectivity index (χ4v) is 5.42. The van der Waals surface area contributed by atoms with Crippen molar-refractivity contribution in [3.63, 3.8) is 0 Å². The van der Waals surface area contributed by atoms with Crippen LogP contribution >= 0.6 is 11.3 Å². The molecule has 0 spiro atoms. The summed E-state index contributed by atoms with van der Waals surface area (Å²) in [7, 11) is 1.62. The van der Waals surface area contributed by atoms with Crippen molar-refractivity contribution in [2.24, 2.45) is 0 Å². The maximum absolute atomic E-state index is 13.9. The van der Waals surface area contributed by atoms with Gasteiger partial charge in [-0.2, -0.15) is 0 Å². The molecule has 5 rings (SSSR count). The molecule has 0 fully saturated rings. The number of pyridine rings is 1. The van der Waals surface area contributed by atoms with Gasteiger partial charge in [0, 0.05) is 29.9 Å². The highest BCUT2D eigenvalue weighted by molar-refractivity contribution is 7.21. The summed E-state index contributed by atoms with van der Waals surface area (Å²) in [5.74, 6) is -0.234. The van der Waals surface area contributed by atoms with Gasteiger partial charge >= 0.3 is 0 Å². The molecule has 2 aromatic heterocycles. The van der Waals surface area contributed by atoms with Gasteiger partial charge in [0.15, 0.2) is 0 Å². The number of methoxy groups -OCH3 is 1. The Morgan fingerprint density at radius 3 is 2.64 bits per heavy atom. The Balaban J connectivity index is 1.77. The maximum Gasteiger partial charge on any atom is 0.276 e. The number of ether oxygens (including phenoxy) is 1. The lowest BCUT2D eigenvalue weighted by Crippen LogP contribution is -2.42. The highest BCUT2D eigenvalue weighted by atomic mass is 32.1. The van der Waals surface area contributed by atoms with Crippen molar-refractivity contribution in [3.8, 4) is 0 Å². The molecule has 9 heteroatoms. The maximum atomic E-state index is 13.9. The van der Waals surface area contributed by atoms with Crippen LogP contribution < -0.4 is 10.2 Å². The van der Waals surface area contributed by atoms with E-state index in [1.54, 1.807) is 30.2 Å². The molecule has 0 saturated carbocycles. The summed E-state index contributed by atoms with van der Waals surface area (Å²) in [6.45, 7) is 2.26. The van der Waals surface area contributed by atoms with Crippen molar-refractivity contribution >= 4 is 44.5 Å². The number of benzene rings is 2. The Labute approximate surface area is 193 Å². The zero-order chi connectivity index (χ0) is 23.1. The number of carbonyl (C=O) groups excluding carboxylic acids is 1. The van der Waals surface area contributed by atoms with Gasteiger partial charge in [0.05, 0.1) is 22.8 Å². The van der Waals surface area contributed by atoms with Crippen LogP contribution in [0.4, 0.5) is 17.1 Å². The van der Waals surface area contributed by atoms with E-state index in [-0.39, 0.29) is 11.6 Å². The first-order chi connectivity index (χ1) is 16.0. The van der Waals surface area contributed by atoms with E-state index in [0.29, 0.717) is 28.4 Å². The molecule has 1 unspecified atom stereocenters. The monoisotopic (exact) mass is 460 g/mol. The Morgan fingerprint density at radius 1 is 1.18 bits per heavy atom. The van der Waals surface area contributed by atoms with Crippen molar-refractivity contribution in [1.82, 2.24) is 4.98 Å². The lowest BCUT2D eigenvalue weighted by Gasteiger charge is -2.36. The lowest BCUT2D eigenvalue weighted by atomic mass is 10.0. The first-order valence-corrected chi connectivity index (χ1v) is 11.1. The molecule has 1 aliphatic rings. The summed E-state index contributed by atoms with van der Waals surface area (Å²) in [6.07, 6.45) is -0.775. The molecule has 0 radical (unpaired) electrons. The van der Waals surface area contributed by atoms with E-state index in [9.17, 15) is 14.9 Å². The SMILES string of the molecule is COCc1cc(C)nc2sc3c(c12)NC(c1ccccc1[N+](=O)[O-])N(c1ccccc1)C3=O. The van der Waals surface area contributed by atoms with E-state index in [1.165, 1.54) is 17.4 Å². The second kappa shape index (κ2) is 8.27. The van der Waals surface area contributed by atoms with Crippen LogP contribution in [0.1, 0.15) is 32.7 Å². The fraction of sp³-hybridized carbons (Fsp3) is 0.167. The minimum Gasteiger partial charge on any atom is -0.380 e. The van der Waals surface area contributed by atoms with Crippen molar-refractivity contribution in [2.75, 3.05) is 17.3 Å². The largest absolute Gasteiger partial charge is 0.380 e. The number of hydrogen-bond acceptors (Lipinski definition) is 7. The molecule has 1 N–H and O–H groups in total. The topological polar surface area (TPSA) is 97.6 Å². The van der Waals surface area contributed by atoms with E-state index in [0.717, 1.165) is 21.5 Å². The normalized spacial score (nSPS) is 15.4. The third-order valence-electron chi connectivity index (χ3n) is 5.59. The van der Waals surface area contributed by atoms with Gasteiger partial charge in [0.25, 0.3) is 11.6 Å². The molecule has 0 bridgehead atoms. The van der Waals surface area contributed by atoms with Gasteiger partial charge in [0.1, 0.15) is 15.9 Å². The number of aryl methyl sites for hydroxylation is 1. The van der Waals surface area contributed by atoms with E-state index in [4.69, 9.17) is 4.74 Å². The molecule has 1 aliphatic heterocycles. The summed E-state index contributed by atoms with van der Waals surface area (Å²) in [5.41, 5.74) is 3.36. The molecule has 3 heterocycles. The van der Waals surface area contributed by atoms with Crippen LogP contribution in [0.2, 0.25) is 0 Å². The molecule has 0 aliphatic carbocycles. The number of carbonyl (C=O) groups is 1. The van der Waals surface area contributed by atoms with Gasteiger partial charge in [0.2, 0.25) is 0 Å². The zero-order valence-electron chi connectivity index (χ0n) is 17.9. The Hall–Kier alpha value is -3.82. The molecule has 1 amide bonds. The van der Waals surface area contributed by atoms with Crippen LogP contribution in [0.15, 0.2) is 60.7 Å². The minimum absolute atomic E-state index is 0.0576. The lowest BCUT2D eigenvalue weighted by molar-refractivity contribution is -0.385. The third kappa shape index (κ3) is 3.51. The number of amides is 1. The second-order valence-electron chi connectivity index (χ2n) is 7.72. The smallest absolute Gasteiger partial charge is 0.276 e. The number of anilines is 2. The van der Waals surface area contributed by atoms with Crippen LogP contribution in [-0.2, 0) is 11.3 Å². The number of hydrogen-bond donors (Lipinski definition) is 1. The number of fused-ring (bicyclic) bond motifs is 3. The van der Waals surface area contributed by atoms with Crippen LogP contribution in [0.5, 0.6) is 0 Å². The summed E-state index contributed by atoms with van der Waals surface area (Å²) in [5, 5.41) is 16.1. The molecule has 0 saturated heterocycles. The molecule has 166 valence electrons. The van der Waals surface area contributed by atoms with Gasteiger partial charge in [-0.05, 0) is 36.8 Å². The zero-order valence-corrected chi connectivity index (χ0v) is 18.8. The van der Waals surface area contributed by atoms with E-state index in [2.05, 4.69) is 10.3 Å². The highest BCUT2D eigenvalue weighted by Gasteiger charge is 2.40. The highest BCUT2D eigenvalue weighted by Crippen LogP contribution is 2.46. The number of para-hydroxylation sites is 2. The van der Waals surface area contributed by atoms with Crippen LogP contribution in [0, 0.1) is 17.0 Å². The van der Waals surface area contributed by atoms with Gasteiger partial charge in [-0.1, -0.05) is 30.3 Å². The average molecular weight is 461 g/mol. The second-order valence-corrected chi connectivity index (χ2v) is 8.71. The van der Waals surface area contributed by atoms with Crippen LogP contribution in [0.3, 0.4) is 0 Å². The summed E-state index contributed by atoms with van der Waals surface area (Å²) in [6, 6.07) is 17.6. The fourth-order valence-electron chi connectivity index (χ4n) is 4.25. The van der Waals surface area contributed by atoms with Crippen LogP contribution in [-0.4, -0.2) is 22.9 Å². The Kier molecular flexibility index (Phi) is 5.27. The van der Waals surface area contributed by atoms with Gasteiger partial charge in [-0.15, -0.1) is 11.3 Å². The van der Waals surface area contributed by atoms with Crippen LogP contribution in [0.25, 0.3) is 10.2 Å². The Morgan fingerprint density at radius 2 is 1.91 bits per heavy atom. The number of rotatable bonds is 5. The summed E-state index contributed by atoms with van der Waals surface area (Å²) < 4.78 is 5.40. The minimum atomic E-state index is -0.775. The van der Waals surface area contributed by atoms with Crippen molar-refractivity contribution in [2.45, 2.75) is 19.7 Å². The number of aromatic nitrogens is 1. The predicted molar refractivity (Wildman–Crippen MR) is 128 cm³/mol. The summed E-state index contributed by atoms with van der Waals surface area (Å²) >= 11 is 1.31. The van der Waals surface area contributed by atoms with E-state index < -0.39 is 11.1 Å². The predicted octanol–water partition coefficient (Wildman–Crippen LogP) is 5.43. The van der Waals surface area contributed by atoms with Crippen molar-refractivity contribution in [3.05, 3.63) is 92.5 Å². The quantitative estimate of drug-likeness (QED) is 0.315. The first kappa shape index (κ1) is 21.0. The number of nitrogens with one attached hydrogen (secondary N) is 1. The molecule has 4 aromatic rings. The molecule has 2 aromatic carbocycles. The number of nitro groups is 1. The molecule has 8 nitrogen and oxygen atoms in total. The molecule has 1 atom stereocenters. The Bertz CT molecular complexity index is 1390. The standard InChI is InChI=1S/C24H20N4O4S/c1-14-12-15(13-32-2)19-20-21(33-23(19)25-14)24(29)27(16-8-4-3-5-9-16)22(26-20)17-10-6-7-11-18(17)28(30)31/h3-12,22,26H,13H2,1-2H3. The first-order valence-electron chi connectivity index (χ1n) is 10.3. The number of nitro benzene ring substituents is 1. The van der Waals surface area contributed by atoms with Gasteiger partial charge in [-0.25, -0.2) is 4.98 Å². The molecular formula is C24H20N4O4S. The van der Waals surface area contributed by atoms with E-state index >= 15 is 0 Å². The molecular weight excluding hydrogens is 440 g/mol. The summed E-state index contributed by atoms with van der Waals surface area (Å²) in [4.78, 5) is 32.7. The third-order valence-corrected chi connectivity index (χ3v) is 6.66. The van der Waals surface area contributed by atoms with Crippen molar-refractivity contribution in [1.29, 1.82) is 0 Å². The number of nitrogens with zero attached hydrogens (tertiary/aromatic N) is 3. The number of thiophene rings is 1. The van der Waals surface area contributed by atoms with E-state index in [1.807, 2.05) is 43.3 Å². The molecule has 33 heavy (non-hydrogen) atoms. The van der Waals surface area contributed by atoms with Crippen molar-refractivity contribution < 1.29 is 14.5 Å². The van der Waals surface area contributed by atoms with Gasteiger partial charge < -0.3 is 10.1 Å².